The first kappa shape index (κ1) is 45.0. The molecule has 4 aromatic carbocycles. The van der Waals surface area contributed by atoms with E-state index in [1.165, 1.54) is 19.2 Å². The molecule has 2 aliphatic carbocycles. The molecular formula is C50H57N3O10. The third kappa shape index (κ3) is 9.65. The monoisotopic (exact) mass is 859 g/mol. The number of ether oxygens (including phenoxy) is 4. The van der Waals surface area contributed by atoms with Crippen molar-refractivity contribution in [3.8, 4) is 17.2 Å². The summed E-state index contributed by atoms with van der Waals surface area (Å²) in [5.74, 6) is -1.09. The summed E-state index contributed by atoms with van der Waals surface area (Å²) in [4.78, 5) is 33.3. The number of carbonyl (C=O) groups excluding carboxylic acids is 1. The second-order valence-corrected chi connectivity index (χ2v) is 16.3. The summed E-state index contributed by atoms with van der Waals surface area (Å²) in [5.41, 5.74) is 3.19. The zero-order valence-corrected chi connectivity index (χ0v) is 35.8. The van der Waals surface area contributed by atoms with Crippen LogP contribution in [0.3, 0.4) is 0 Å². The number of nitro benzene ring substituents is 1. The van der Waals surface area contributed by atoms with Gasteiger partial charge in [0.2, 0.25) is 5.79 Å². The van der Waals surface area contributed by atoms with Gasteiger partial charge in [-0.25, -0.2) is 4.79 Å². The molecule has 2 N–H and O–H groups in total. The van der Waals surface area contributed by atoms with Crippen molar-refractivity contribution in [2.45, 2.75) is 75.7 Å². The number of non-ortho nitro benzene ring substituents is 1. The number of aliphatic hydroxyl groups is 2. The highest BCUT2D eigenvalue weighted by atomic mass is 16.7. The second-order valence-electron chi connectivity index (χ2n) is 16.3. The summed E-state index contributed by atoms with van der Waals surface area (Å²) in [6.07, 6.45) is 10.1. The van der Waals surface area contributed by atoms with Crippen LogP contribution in [-0.2, 0) is 20.9 Å². The fraction of sp³-hybridized carbons (Fsp3) is 0.400. The first-order valence-electron chi connectivity index (χ1n) is 21.8. The molecule has 6 atom stereocenters. The van der Waals surface area contributed by atoms with Crippen LogP contribution >= 0.6 is 0 Å². The summed E-state index contributed by atoms with van der Waals surface area (Å²) >= 11 is 0. The highest BCUT2D eigenvalue weighted by Crippen LogP contribution is 2.62. The average Bonchev–Trinajstić information content (AvgIpc) is 3.29. The van der Waals surface area contributed by atoms with Crippen LogP contribution in [0.1, 0.15) is 68.4 Å². The molecule has 1 amide bonds. The van der Waals surface area contributed by atoms with Gasteiger partial charge in [-0.05, 0) is 90.1 Å². The predicted molar refractivity (Wildman–Crippen MR) is 241 cm³/mol. The van der Waals surface area contributed by atoms with Gasteiger partial charge >= 0.3 is 6.09 Å². The van der Waals surface area contributed by atoms with Gasteiger partial charge < -0.3 is 34.0 Å². The number of rotatable bonds is 21. The maximum Gasteiger partial charge on any atom is 0.410 e. The van der Waals surface area contributed by atoms with E-state index in [9.17, 15) is 25.1 Å². The molecule has 1 aliphatic heterocycles. The minimum absolute atomic E-state index is 0.0187. The van der Waals surface area contributed by atoms with E-state index in [1.54, 1.807) is 35.3 Å². The zero-order valence-electron chi connectivity index (χ0n) is 35.8. The number of allylic oxidation sites excluding steroid dienone is 1. The van der Waals surface area contributed by atoms with Crippen molar-refractivity contribution < 1.29 is 43.7 Å². The number of hydrogen-bond acceptors (Lipinski definition) is 11. The number of nitro groups is 1. The van der Waals surface area contributed by atoms with E-state index in [0.29, 0.717) is 42.2 Å². The first-order valence-corrected chi connectivity index (χ1v) is 21.8. The Balaban J connectivity index is 1.45. The number of nitrogens with zero attached hydrogens (tertiary/aromatic N) is 3. The lowest BCUT2D eigenvalue weighted by molar-refractivity contribution is -0.384. The van der Waals surface area contributed by atoms with Crippen molar-refractivity contribution in [2.24, 2.45) is 22.9 Å². The molecule has 1 saturated carbocycles. The van der Waals surface area contributed by atoms with Crippen LogP contribution in [0.25, 0.3) is 10.8 Å². The molecule has 4 aromatic rings. The summed E-state index contributed by atoms with van der Waals surface area (Å²) < 4.78 is 26.8. The molecule has 0 radical (unpaired) electrons. The summed E-state index contributed by atoms with van der Waals surface area (Å²) in [6, 6.07) is 24.9. The Morgan fingerprint density at radius 1 is 0.968 bits per heavy atom. The lowest BCUT2D eigenvalue weighted by Gasteiger charge is -2.59. The van der Waals surface area contributed by atoms with Crippen molar-refractivity contribution in [1.29, 1.82) is 0 Å². The Labute approximate surface area is 368 Å². The highest BCUT2D eigenvalue weighted by molar-refractivity contribution is 6.03. The van der Waals surface area contributed by atoms with E-state index in [1.807, 2.05) is 54.6 Å². The number of aliphatic hydroxyl groups excluding tert-OH is 2. The molecule has 13 heteroatoms. The van der Waals surface area contributed by atoms with E-state index in [0.717, 1.165) is 53.2 Å². The van der Waals surface area contributed by atoms with Crippen molar-refractivity contribution >= 4 is 28.3 Å². The van der Waals surface area contributed by atoms with Gasteiger partial charge in [-0.15, -0.1) is 13.2 Å². The zero-order chi connectivity index (χ0) is 44.3. The molecule has 0 aromatic heterocycles. The Bertz CT molecular complexity index is 2320. The van der Waals surface area contributed by atoms with Gasteiger partial charge in [0.05, 0.1) is 42.4 Å². The minimum Gasteiger partial charge on any atom is -0.459 e. The lowest BCUT2D eigenvalue weighted by atomic mass is 9.55. The number of unbranched alkanes of at least 4 members (excludes halogenated alkanes) is 2. The first-order chi connectivity index (χ1) is 30.8. The largest absolute Gasteiger partial charge is 0.459 e. The number of fused-ring (bicyclic) bond motifs is 3. The molecule has 1 heterocycles. The van der Waals surface area contributed by atoms with E-state index in [-0.39, 0.29) is 62.8 Å². The van der Waals surface area contributed by atoms with Crippen LogP contribution in [0, 0.1) is 27.9 Å². The van der Waals surface area contributed by atoms with Gasteiger partial charge in [0.15, 0.2) is 0 Å². The number of carbonyl (C=O) groups is 1. The summed E-state index contributed by atoms with van der Waals surface area (Å²) in [5, 5.41) is 38.2. The minimum atomic E-state index is -1.51. The lowest BCUT2D eigenvalue weighted by Crippen LogP contribution is -2.70. The van der Waals surface area contributed by atoms with Crippen LogP contribution in [0.4, 0.5) is 10.5 Å². The van der Waals surface area contributed by atoms with Gasteiger partial charge in [0, 0.05) is 37.2 Å². The van der Waals surface area contributed by atoms with Crippen molar-refractivity contribution in [2.75, 3.05) is 33.5 Å². The van der Waals surface area contributed by atoms with Crippen LogP contribution in [-0.4, -0.2) is 77.2 Å². The quantitative estimate of drug-likeness (QED) is 0.0357. The third-order valence-electron chi connectivity index (χ3n) is 12.5. The molecule has 7 rings (SSSR count). The maximum absolute atomic E-state index is 14.8. The fourth-order valence-corrected chi connectivity index (χ4v) is 9.85. The topological polar surface area (TPSA) is 162 Å². The highest BCUT2D eigenvalue weighted by Gasteiger charge is 2.65. The molecule has 13 nitrogen and oxygen atoms in total. The Morgan fingerprint density at radius 3 is 2.49 bits per heavy atom. The van der Waals surface area contributed by atoms with Crippen LogP contribution in [0.2, 0.25) is 0 Å². The number of hydrogen-bond donors (Lipinski definition) is 2. The van der Waals surface area contributed by atoms with Gasteiger partial charge in [0.1, 0.15) is 30.4 Å². The molecule has 63 heavy (non-hydrogen) atoms. The molecule has 6 unspecified atom stereocenters. The smallest absolute Gasteiger partial charge is 0.410 e. The Hall–Kier alpha value is -6.02. The predicted octanol–water partition coefficient (Wildman–Crippen LogP) is 10.0. The van der Waals surface area contributed by atoms with Crippen LogP contribution in [0.15, 0.2) is 127 Å². The molecule has 1 fully saturated rings. The standard InChI is InChI=1S/C50H57N3O10/c1-4-6-28-60-49(56)52(33-36-18-13-17-34-15-7-8-21-40(34)36)46-32-44(51-59-3)42-29-35(16-9-11-25-54)41(22-10-12-26-55)47-43-31-39(62-38-20-14-19-37(30-38)53(57)58)23-24-45(43)63-50(46,48(42)47)61-27-5-2/h4-5,7-8,13-15,17-21,23-24,29-31,35,41,46-48,54-55H,1-2,6,9-12,16,22,25-28,32-33H2,3H3. The average molecular weight is 860 g/mol. The normalized spacial score (nSPS) is 22.8. The van der Waals surface area contributed by atoms with E-state index < -0.39 is 28.8 Å². The van der Waals surface area contributed by atoms with E-state index >= 15 is 0 Å². The maximum atomic E-state index is 14.8. The Morgan fingerprint density at radius 2 is 1.73 bits per heavy atom. The van der Waals surface area contributed by atoms with Gasteiger partial charge in [-0.1, -0.05) is 84.8 Å². The van der Waals surface area contributed by atoms with E-state index in [2.05, 4.69) is 24.4 Å². The number of benzene rings is 4. The molecule has 0 saturated heterocycles. The third-order valence-corrected chi connectivity index (χ3v) is 12.5. The summed E-state index contributed by atoms with van der Waals surface area (Å²) in [7, 11) is 1.51. The number of amides is 1. The molecular weight excluding hydrogens is 803 g/mol. The second kappa shape index (κ2) is 20.9. The Kier molecular flexibility index (Phi) is 14.9. The molecule has 332 valence electrons. The SMILES string of the molecule is C=CCCOC(=O)N(Cc1cccc2ccccc12)C1CC(=NOC)C2=CC(CCCCO)C(CCCCO)C3c4cc(Oc5cccc([N+](=O)[O-])c5)ccc4OC1(OCC=C)C23. The van der Waals surface area contributed by atoms with Crippen molar-refractivity contribution in [3.63, 3.8) is 0 Å². The number of oxime groups is 1. The van der Waals surface area contributed by atoms with Crippen LogP contribution < -0.4 is 9.47 Å². The van der Waals surface area contributed by atoms with Crippen molar-refractivity contribution in [3.05, 3.63) is 143 Å². The molecule has 0 bridgehead atoms. The van der Waals surface area contributed by atoms with Crippen LogP contribution in [0.5, 0.6) is 17.2 Å². The van der Waals surface area contributed by atoms with Gasteiger partial charge in [-0.3, -0.25) is 15.0 Å². The summed E-state index contributed by atoms with van der Waals surface area (Å²) in [6.45, 7) is 8.35. The van der Waals surface area contributed by atoms with Gasteiger partial charge in [-0.2, -0.15) is 0 Å². The molecule has 3 aliphatic rings. The molecule has 0 spiro atoms. The van der Waals surface area contributed by atoms with Gasteiger partial charge in [0.25, 0.3) is 5.69 Å². The van der Waals surface area contributed by atoms with E-state index in [4.69, 9.17) is 23.8 Å². The fourth-order valence-electron chi connectivity index (χ4n) is 9.85. The van der Waals surface area contributed by atoms with Crippen molar-refractivity contribution in [1.82, 2.24) is 4.90 Å².